The van der Waals surface area contributed by atoms with E-state index in [1.165, 1.54) is 12.1 Å². The first-order valence-corrected chi connectivity index (χ1v) is 19.3. The second kappa shape index (κ2) is 12.8. The van der Waals surface area contributed by atoms with Crippen LogP contribution in [0.5, 0.6) is 5.75 Å². The third-order valence-electron chi connectivity index (χ3n) is 10.4. The fourth-order valence-corrected chi connectivity index (χ4v) is 12.0. The standard InChI is InChI=1S/C35H42N4O7Si/c1-22-32(47(3,4)27-14-12-26(45-2)13-15-27)31(17-19-40)46-35(22)28-20-25(39(43)44)11-16-30(28)38(34(35)42)21-23-7-9-24(10-8-23)37-33(41)29-6-5-18-36-29/h7-16,20,22,29,31-32,36,40H,5-6,17-19,21H2,1-4H3,(H,37,41)/t22-,29-,31+,32-,35+/m1/s1. The summed E-state index contributed by atoms with van der Waals surface area (Å²) in [5, 5.41) is 29.4. The lowest BCUT2D eigenvalue weighted by Crippen LogP contribution is -2.51. The number of hydrogen-bond acceptors (Lipinski definition) is 8. The molecule has 47 heavy (non-hydrogen) atoms. The Kier molecular flexibility index (Phi) is 8.96. The first-order chi connectivity index (χ1) is 22.5. The van der Waals surface area contributed by atoms with Gasteiger partial charge < -0.3 is 30.1 Å². The van der Waals surface area contributed by atoms with E-state index in [9.17, 15) is 24.8 Å². The Balaban J connectivity index is 1.35. The maximum Gasteiger partial charge on any atom is 0.269 e. The van der Waals surface area contributed by atoms with Gasteiger partial charge in [0.05, 0.1) is 44.5 Å². The first-order valence-electron chi connectivity index (χ1n) is 16.2. The molecule has 2 saturated heterocycles. The van der Waals surface area contributed by atoms with E-state index in [0.29, 0.717) is 23.4 Å². The lowest BCUT2D eigenvalue weighted by molar-refractivity contribution is -0.385. The Morgan fingerprint density at radius 1 is 1.17 bits per heavy atom. The van der Waals surface area contributed by atoms with E-state index >= 15 is 0 Å². The highest BCUT2D eigenvalue weighted by Gasteiger charge is 2.66. The molecular weight excluding hydrogens is 616 g/mol. The predicted octanol–water partition coefficient (Wildman–Crippen LogP) is 4.44. The van der Waals surface area contributed by atoms with Crippen molar-refractivity contribution in [3.05, 3.63) is 88.0 Å². The number of nitrogens with zero attached hydrogens (tertiary/aromatic N) is 2. The van der Waals surface area contributed by atoms with E-state index in [1.807, 2.05) is 43.3 Å². The van der Waals surface area contributed by atoms with Gasteiger partial charge in [0.1, 0.15) is 5.75 Å². The molecule has 0 unspecified atom stereocenters. The minimum Gasteiger partial charge on any atom is -0.497 e. The second-order valence-corrected chi connectivity index (χ2v) is 18.0. The fraction of sp³-hybridized carbons (Fsp3) is 0.429. The van der Waals surface area contributed by atoms with E-state index in [0.717, 1.165) is 35.9 Å². The van der Waals surface area contributed by atoms with Crippen LogP contribution in [0.2, 0.25) is 18.6 Å². The second-order valence-electron chi connectivity index (χ2n) is 13.4. The Labute approximate surface area is 275 Å². The van der Waals surface area contributed by atoms with E-state index in [4.69, 9.17) is 9.47 Å². The largest absolute Gasteiger partial charge is 0.497 e. The Morgan fingerprint density at radius 2 is 1.89 bits per heavy atom. The van der Waals surface area contributed by atoms with Crippen LogP contribution in [-0.2, 0) is 26.5 Å². The highest BCUT2D eigenvalue weighted by Crippen LogP contribution is 2.60. The van der Waals surface area contributed by atoms with Crippen molar-refractivity contribution in [2.75, 3.05) is 30.5 Å². The number of nitro groups is 1. The van der Waals surface area contributed by atoms with Crippen molar-refractivity contribution in [3.8, 4) is 5.75 Å². The topological polar surface area (TPSA) is 143 Å². The number of carbonyl (C=O) groups is 2. The van der Waals surface area contributed by atoms with Crippen molar-refractivity contribution >= 4 is 42.1 Å². The number of methoxy groups -OCH3 is 1. The third-order valence-corrected chi connectivity index (χ3v) is 14.7. The molecule has 3 aromatic carbocycles. The number of non-ortho nitro benzene ring substituents is 1. The number of hydrogen-bond donors (Lipinski definition) is 3. The number of benzene rings is 3. The predicted molar refractivity (Wildman–Crippen MR) is 182 cm³/mol. The molecule has 3 aliphatic rings. The molecule has 3 aromatic rings. The molecular formula is C35H42N4O7Si. The van der Waals surface area contributed by atoms with Gasteiger partial charge in [-0.25, -0.2) is 0 Å². The normalized spacial score (nSPS) is 25.3. The average Bonchev–Trinajstić information content (AvgIpc) is 3.76. The summed E-state index contributed by atoms with van der Waals surface area (Å²) in [7, 11) is -0.761. The van der Waals surface area contributed by atoms with Crippen LogP contribution in [0.25, 0.3) is 0 Å². The molecule has 2 amide bonds. The van der Waals surface area contributed by atoms with Gasteiger partial charge in [0, 0.05) is 35.9 Å². The molecule has 0 aliphatic carbocycles. The lowest BCUT2D eigenvalue weighted by Gasteiger charge is -2.37. The summed E-state index contributed by atoms with van der Waals surface area (Å²) >= 11 is 0. The first kappa shape index (κ1) is 32.8. The zero-order valence-corrected chi connectivity index (χ0v) is 28.2. The van der Waals surface area contributed by atoms with Gasteiger partial charge in [-0.2, -0.15) is 0 Å². The van der Waals surface area contributed by atoms with Gasteiger partial charge >= 0.3 is 0 Å². The summed E-state index contributed by atoms with van der Waals surface area (Å²) in [6.07, 6.45) is 1.68. The Morgan fingerprint density at radius 3 is 2.51 bits per heavy atom. The number of rotatable bonds is 10. The lowest BCUT2D eigenvalue weighted by atomic mass is 9.82. The van der Waals surface area contributed by atoms with Gasteiger partial charge in [0.2, 0.25) is 5.91 Å². The number of carbonyl (C=O) groups excluding carboxylic acids is 2. The number of nitrogens with one attached hydrogen (secondary N) is 2. The van der Waals surface area contributed by atoms with Gasteiger partial charge in [0.15, 0.2) is 5.60 Å². The number of fused-ring (bicyclic) bond motifs is 2. The molecule has 12 heteroatoms. The van der Waals surface area contributed by atoms with E-state index in [1.54, 1.807) is 18.1 Å². The molecule has 5 atom stereocenters. The number of amides is 2. The number of aliphatic hydroxyl groups is 1. The van der Waals surface area contributed by atoms with Gasteiger partial charge in [-0.1, -0.05) is 49.5 Å². The van der Waals surface area contributed by atoms with Crippen molar-refractivity contribution in [2.45, 2.75) is 69.1 Å². The van der Waals surface area contributed by atoms with E-state index < -0.39 is 24.7 Å². The van der Waals surface area contributed by atoms with E-state index in [-0.39, 0.29) is 48.2 Å². The number of ether oxygens (including phenoxy) is 2. The number of anilines is 2. The molecule has 0 radical (unpaired) electrons. The summed E-state index contributed by atoms with van der Waals surface area (Å²) in [6, 6.07) is 19.7. The van der Waals surface area contributed by atoms with Crippen LogP contribution in [-0.4, -0.2) is 62.3 Å². The summed E-state index contributed by atoms with van der Waals surface area (Å²) in [4.78, 5) is 40.5. The highest BCUT2D eigenvalue weighted by atomic mass is 28.3. The quantitative estimate of drug-likeness (QED) is 0.165. The smallest absolute Gasteiger partial charge is 0.269 e. The van der Waals surface area contributed by atoms with Crippen molar-refractivity contribution in [3.63, 3.8) is 0 Å². The summed E-state index contributed by atoms with van der Waals surface area (Å²) in [5.41, 5.74) is 0.909. The summed E-state index contributed by atoms with van der Waals surface area (Å²) < 4.78 is 12.2. The number of nitro benzene ring substituents is 1. The summed E-state index contributed by atoms with van der Waals surface area (Å²) in [5.74, 6) is 0.0719. The zero-order valence-electron chi connectivity index (χ0n) is 27.2. The summed E-state index contributed by atoms with van der Waals surface area (Å²) in [6.45, 7) is 7.44. The van der Waals surface area contributed by atoms with Gasteiger partial charge in [-0.3, -0.25) is 19.7 Å². The third kappa shape index (κ3) is 5.73. The molecule has 3 N–H and O–H groups in total. The van der Waals surface area contributed by atoms with Crippen molar-refractivity contribution in [1.82, 2.24) is 5.32 Å². The number of aliphatic hydroxyl groups excluding tert-OH is 1. The van der Waals surface area contributed by atoms with Crippen LogP contribution in [0, 0.1) is 16.0 Å². The van der Waals surface area contributed by atoms with Crippen LogP contribution in [0.4, 0.5) is 17.1 Å². The Hall–Kier alpha value is -4.10. The highest BCUT2D eigenvalue weighted by molar-refractivity contribution is 6.91. The minimum absolute atomic E-state index is 0.0668. The van der Waals surface area contributed by atoms with E-state index in [2.05, 4.69) is 35.9 Å². The zero-order chi connectivity index (χ0) is 33.5. The van der Waals surface area contributed by atoms with Crippen LogP contribution in [0.1, 0.15) is 37.3 Å². The van der Waals surface area contributed by atoms with Crippen LogP contribution in [0.15, 0.2) is 66.7 Å². The van der Waals surface area contributed by atoms with Crippen LogP contribution >= 0.6 is 0 Å². The molecule has 6 rings (SSSR count). The monoisotopic (exact) mass is 658 g/mol. The van der Waals surface area contributed by atoms with Gasteiger partial charge in [-0.15, -0.1) is 0 Å². The minimum atomic E-state index is -2.39. The Bertz CT molecular complexity index is 1660. The molecule has 0 aromatic heterocycles. The molecule has 3 aliphatic heterocycles. The molecule has 11 nitrogen and oxygen atoms in total. The van der Waals surface area contributed by atoms with Crippen LogP contribution in [0.3, 0.4) is 0 Å². The van der Waals surface area contributed by atoms with Gasteiger partial charge in [-0.05, 0) is 67.2 Å². The molecule has 0 saturated carbocycles. The molecule has 248 valence electrons. The molecule has 0 bridgehead atoms. The van der Waals surface area contributed by atoms with Gasteiger partial charge in [0.25, 0.3) is 11.6 Å². The molecule has 1 spiro atoms. The van der Waals surface area contributed by atoms with Crippen molar-refractivity contribution in [2.24, 2.45) is 5.92 Å². The average molecular weight is 659 g/mol. The van der Waals surface area contributed by atoms with Crippen molar-refractivity contribution in [1.29, 1.82) is 0 Å². The maximum atomic E-state index is 14.8. The fourth-order valence-electron chi connectivity index (χ4n) is 7.98. The molecule has 2 fully saturated rings. The van der Waals surface area contributed by atoms with Crippen molar-refractivity contribution < 1.29 is 29.1 Å². The maximum absolute atomic E-state index is 14.8. The SMILES string of the molecule is COc1ccc([Si](C)(C)[C@H]2[C@H](CCO)O[C@@]3(C(=O)N(Cc4ccc(NC(=O)[C@H]5CCCN5)cc4)c4ccc([N+](=O)[O-])cc43)[C@@H]2C)cc1. The molecule has 3 heterocycles. The van der Waals surface area contributed by atoms with Crippen LogP contribution < -0.4 is 25.5 Å².